The number of rotatable bonds is 5. The zero-order valence-corrected chi connectivity index (χ0v) is 17.1. The summed E-state index contributed by atoms with van der Waals surface area (Å²) in [5.74, 6) is 0.516. The molecule has 0 saturated heterocycles. The zero-order chi connectivity index (χ0) is 21.3. The van der Waals surface area contributed by atoms with E-state index in [9.17, 15) is 14.9 Å². The fraction of sp³-hybridized carbons (Fsp3) is 0.143. The summed E-state index contributed by atoms with van der Waals surface area (Å²) in [6, 6.07) is 11.3. The summed E-state index contributed by atoms with van der Waals surface area (Å²) in [5, 5.41) is 11.0. The SMILES string of the molecule is O=C1c2ccc(Oc3c(Cl)cc([N+](=O)[O-])cc3Cl)cc2CCN1Cc1cccnc1. The molecular formula is C21H15Cl2N3O4. The molecule has 1 amide bonds. The predicted octanol–water partition coefficient (Wildman–Crippen LogP) is 5.29. The average molecular weight is 444 g/mol. The normalized spacial score (nSPS) is 13.1. The van der Waals surface area contributed by atoms with Crippen LogP contribution in [0.4, 0.5) is 5.69 Å². The molecule has 30 heavy (non-hydrogen) atoms. The van der Waals surface area contributed by atoms with E-state index in [1.807, 2.05) is 12.1 Å². The first-order valence-corrected chi connectivity index (χ1v) is 9.80. The van der Waals surface area contributed by atoms with Crippen molar-refractivity contribution in [2.24, 2.45) is 0 Å². The number of nitrogens with zero attached hydrogens (tertiary/aromatic N) is 3. The van der Waals surface area contributed by atoms with E-state index >= 15 is 0 Å². The van der Waals surface area contributed by atoms with Crippen LogP contribution < -0.4 is 4.74 Å². The maximum atomic E-state index is 12.9. The minimum atomic E-state index is -0.580. The van der Waals surface area contributed by atoms with Crippen LogP contribution in [-0.4, -0.2) is 27.3 Å². The molecule has 1 aliphatic rings. The Morgan fingerprint density at radius 1 is 1.17 bits per heavy atom. The molecule has 0 unspecified atom stereocenters. The van der Waals surface area contributed by atoms with Crippen LogP contribution in [0.3, 0.4) is 0 Å². The van der Waals surface area contributed by atoms with Crippen molar-refractivity contribution in [1.29, 1.82) is 0 Å². The Balaban J connectivity index is 1.55. The average Bonchev–Trinajstić information content (AvgIpc) is 2.73. The highest BCUT2D eigenvalue weighted by atomic mass is 35.5. The molecule has 0 fully saturated rings. The second-order valence-electron chi connectivity index (χ2n) is 6.75. The van der Waals surface area contributed by atoms with Gasteiger partial charge in [0.15, 0.2) is 5.75 Å². The number of hydrogen-bond acceptors (Lipinski definition) is 5. The van der Waals surface area contributed by atoms with Gasteiger partial charge in [0.2, 0.25) is 0 Å². The maximum Gasteiger partial charge on any atom is 0.272 e. The lowest BCUT2D eigenvalue weighted by Gasteiger charge is -2.29. The lowest BCUT2D eigenvalue weighted by atomic mass is 9.98. The molecule has 0 spiro atoms. The summed E-state index contributed by atoms with van der Waals surface area (Å²) in [7, 11) is 0. The van der Waals surface area contributed by atoms with E-state index in [0.29, 0.717) is 30.8 Å². The molecule has 9 heteroatoms. The van der Waals surface area contributed by atoms with Crippen LogP contribution in [0, 0.1) is 10.1 Å². The number of carbonyl (C=O) groups excluding carboxylic acids is 1. The van der Waals surface area contributed by atoms with Crippen LogP contribution in [0.15, 0.2) is 54.9 Å². The van der Waals surface area contributed by atoms with Gasteiger partial charge in [0.25, 0.3) is 11.6 Å². The van der Waals surface area contributed by atoms with E-state index in [-0.39, 0.29) is 27.4 Å². The Hall–Kier alpha value is -3.16. The minimum Gasteiger partial charge on any atom is -0.454 e. The molecule has 4 rings (SSSR count). The van der Waals surface area contributed by atoms with Crippen LogP contribution >= 0.6 is 23.2 Å². The molecule has 0 bridgehead atoms. The van der Waals surface area contributed by atoms with Gasteiger partial charge in [0.05, 0.1) is 15.0 Å². The molecule has 0 atom stereocenters. The molecular weight excluding hydrogens is 429 g/mol. The third kappa shape index (κ3) is 4.08. The van der Waals surface area contributed by atoms with Crippen LogP contribution in [-0.2, 0) is 13.0 Å². The van der Waals surface area contributed by atoms with Gasteiger partial charge < -0.3 is 9.64 Å². The van der Waals surface area contributed by atoms with Crippen molar-refractivity contribution in [1.82, 2.24) is 9.88 Å². The van der Waals surface area contributed by atoms with E-state index < -0.39 is 4.92 Å². The number of ether oxygens (including phenoxy) is 1. The molecule has 2 aromatic carbocycles. The van der Waals surface area contributed by atoms with Gasteiger partial charge in [0.1, 0.15) is 5.75 Å². The van der Waals surface area contributed by atoms with Crippen molar-refractivity contribution in [3.05, 3.63) is 91.7 Å². The van der Waals surface area contributed by atoms with Crippen LogP contribution in [0.25, 0.3) is 0 Å². The number of benzene rings is 2. The number of nitro groups is 1. The first kappa shape index (κ1) is 20.1. The van der Waals surface area contributed by atoms with Gasteiger partial charge in [0, 0.05) is 43.2 Å². The Morgan fingerprint density at radius 2 is 1.93 bits per heavy atom. The van der Waals surface area contributed by atoms with Crippen molar-refractivity contribution < 1.29 is 14.5 Å². The van der Waals surface area contributed by atoms with Crippen molar-refractivity contribution in [3.8, 4) is 11.5 Å². The van der Waals surface area contributed by atoms with Gasteiger partial charge in [-0.25, -0.2) is 0 Å². The Morgan fingerprint density at radius 3 is 2.60 bits per heavy atom. The van der Waals surface area contributed by atoms with Crippen LogP contribution in [0.1, 0.15) is 21.5 Å². The Kier molecular flexibility index (Phi) is 5.57. The van der Waals surface area contributed by atoms with E-state index in [1.54, 1.807) is 35.5 Å². The molecule has 0 radical (unpaired) electrons. The number of hydrogen-bond donors (Lipinski definition) is 0. The Bertz CT molecular complexity index is 1120. The molecule has 1 aromatic heterocycles. The topological polar surface area (TPSA) is 85.6 Å². The van der Waals surface area contributed by atoms with E-state index in [2.05, 4.69) is 4.98 Å². The second-order valence-corrected chi connectivity index (χ2v) is 7.57. The first-order chi connectivity index (χ1) is 14.4. The molecule has 3 aromatic rings. The maximum absolute atomic E-state index is 12.9. The molecule has 0 saturated carbocycles. The van der Waals surface area contributed by atoms with E-state index in [4.69, 9.17) is 27.9 Å². The summed E-state index contributed by atoms with van der Waals surface area (Å²) in [4.78, 5) is 29.1. The van der Waals surface area contributed by atoms with Crippen molar-refractivity contribution in [3.63, 3.8) is 0 Å². The predicted molar refractivity (Wildman–Crippen MR) is 112 cm³/mol. The highest BCUT2D eigenvalue weighted by Crippen LogP contribution is 2.40. The van der Waals surface area contributed by atoms with Crippen molar-refractivity contribution >= 4 is 34.8 Å². The summed E-state index contributed by atoms with van der Waals surface area (Å²) >= 11 is 12.2. The largest absolute Gasteiger partial charge is 0.454 e. The number of pyridine rings is 1. The van der Waals surface area contributed by atoms with Gasteiger partial charge in [-0.1, -0.05) is 29.3 Å². The molecule has 1 aliphatic heterocycles. The zero-order valence-electron chi connectivity index (χ0n) is 15.5. The lowest BCUT2D eigenvalue weighted by Crippen LogP contribution is -2.37. The highest BCUT2D eigenvalue weighted by Gasteiger charge is 2.25. The van der Waals surface area contributed by atoms with Crippen LogP contribution in [0.5, 0.6) is 11.5 Å². The van der Waals surface area contributed by atoms with Gasteiger partial charge in [-0.05, 0) is 41.8 Å². The van der Waals surface area contributed by atoms with Gasteiger partial charge in [-0.15, -0.1) is 0 Å². The van der Waals surface area contributed by atoms with Crippen molar-refractivity contribution in [2.45, 2.75) is 13.0 Å². The summed E-state index contributed by atoms with van der Waals surface area (Å²) in [6.45, 7) is 1.07. The number of amides is 1. The number of nitro benzene ring substituents is 1. The smallest absolute Gasteiger partial charge is 0.272 e. The number of fused-ring (bicyclic) bond motifs is 1. The quantitative estimate of drug-likeness (QED) is 0.395. The summed E-state index contributed by atoms with van der Waals surface area (Å²) < 4.78 is 5.78. The Labute approximate surface area is 182 Å². The lowest BCUT2D eigenvalue weighted by molar-refractivity contribution is -0.384. The van der Waals surface area contributed by atoms with Gasteiger partial charge in [-0.3, -0.25) is 19.9 Å². The monoisotopic (exact) mass is 443 g/mol. The summed E-state index contributed by atoms with van der Waals surface area (Å²) in [6.07, 6.45) is 4.11. The fourth-order valence-electron chi connectivity index (χ4n) is 3.31. The molecule has 0 N–H and O–H groups in total. The molecule has 2 heterocycles. The standard InChI is InChI=1S/C21H15Cl2N3O4/c22-18-9-15(26(28)29)10-19(23)20(18)30-16-3-4-17-14(8-16)5-7-25(21(17)27)12-13-2-1-6-24-11-13/h1-4,6,8-11H,5,7,12H2. The second kappa shape index (κ2) is 8.30. The molecule has 7 nitrogen and oxygen atoms in total. The third-order valence-electron chi connectivity index (χ3n) is 4.76. The van der Waals surface area contributed by atoms with Gasteiger partial charge >= 0.3 is 0 Å². The molecule has 0 aliphatic carbocycles. The fourth-order valence-corrected chi connectivity index (χ4v) is 3.86. The number of carbonyl (C=O) groups is 1. The number of aromatic nitrogens is 1. The number of halogens is 2. The molecule has 152 valence electrons. The van der Waals surface area contributed by atoms with E-state index in [0.717, 1.165) is 11.1 Å². The summed E-state index contributed by atoms with van der Waals surface area (Å²) in [5.41, 5.74) is 2.21. The van der Waals surface area contributed by atoms with E-state index in [1.165, 1.54) is 12.1 Å². The minimum absolute atomic E-state index is 0.0330. The number of non-ortho nitro benzene ring substituents is 1. The van der Waals surface area contributed by atoms with Crippen molar-refractivity contribution in [2.75, 3.05) is 6.54 Å². The highest BCUT2D eigenvalue weighted by molar-refractivity contribution is 6.37. The first-order valence-electron chi connectivity index (χ1n) is 9.05. The van der Waals surface area contributed by atoms with Gasteiger partial charge in [-0.2, -0.15) is 0 Å². The van der Waals surface area contributed by atoms with Crippen LogP contribution in [0.2, 0.25) is 10.0 Å². The third-order valence-corrected chi connectivity index (χ3v) is 5.32.